The third-order valence-electron chi connectivity index (χ3n) is 2.86. The molecule has 0 aromatic heterocycles. The topological polar surface area (TPSA) is 41.6 Å². The SMILES string of the molecule is CCOC(=O)/C=C/CNC(C)CN1CCCC1. The maximum Gasteiger partial charge on any atom is 0.330 e. The molecule has 1 saturated heterocycles. The summed E-state index contributed by atoms with van der Waals surface area (Å²) >= 11 is 0. The largest absolute Gasteiger partial charge is 0.463 e. The number of hydrogen-bond donors (Lipinski definition) is 1. The van der Waals surface area contributed by atoms with Gasteiger partial charge in [0, 0.05) is 25.2 Å². The smallest absolute Gasteiger partial charge is 0.330 e. The number of carbonyl (C=O) groups is 1. The molecule has 1 aliphatic heterocycles. The van der Waals surface area contributed by atoms with E-state index in [2.05, 4.69) is 17.1 Å². The molecule has 1 heterocycles. The first-order valence-corrected chi connectivity index (χ1v) is 6.51. The molecule has 4 nitrogen and oxygen atoms in total. The predicted octanol–water partition coefficient (Wildman–Crippen LogP) is 1.18. The van der Waals surface area contributed by atoms with Crippen molar-refractivity contribution < 1.29 is 9.53 Å². The van der Waals surface area contributed by atoms with E-state index in [1.54, 1.807) is 0 Å². The molecule has 0 saturated carbocycles. The Morgan fingerprint density at radius 1 is 1.47 bits per heavy atom. The van der Waals surface area contributed by atoms with E-state index in [9.17, 15) is 4.79 Å². The first kappa shape index (κ1) is 14.2. The minimum Gasteiger partial charge on any atom is -0.463 e. The zero-order chi connectivity index (χ0) is 12.5. The zero-order valence-electron chi connectivity index (χ0n) is 10.9. The number of hydrogen-bond acceptors (Lipinski definition) is 4. The predicted molar refractivity (Wildman–Crippen MR) is 68.9 cm³/mol. The van der Waals surface area contributed by atoms with Crippen LogP contribution < -0.4 is 5.32 Å². The van der Waals surface area contributed by atoms with Crippen molar-refractivity contribution in [1.29, 1.82) is 0 Å². The van der Waals surface area contributed by atoms with Gasteiger partial charge in [0.25, 0.3) is 0 Å². The fraction of sp³-hybridized carbons (Fsp3) is 0.769. The summed E-state index contributed by atoms with van der Waals surface area (Å²) < 4.78 is 4.79. The average molecular weight is 240 g/mol. The molecule has 0 spiro atoms. The summed E-state index contributed by atoms with van der Waals surface area (Å²) in [5.74, 6) is -0.263. The third kappa shape index (κ3) is 6.44. The molecule has 1 atom stereocenters. The monoisotopic (exact) mass is 240 g/mol. The normalized spacial score (nSPS) is 18.7. The molecule has 0 radical (unpaired) electrons. The Labute approximate surface area is 104 Å². The summed E-state index contributed by atoms with van der Waals surface area (Å²) in [6.45, 7) is 8.68. The first-order valence-electron chi connectivity index (χ1n) is 6.51. The average Bonchev–Trinajstić information content (AvgIpc) is 2.77. The summed E-state index contributed by atoms with van der Waals surface area (Å²) in [5.41, 5.74) is 0. The van der Waals surface area contributed by atoms with Gasteiger partial charge in [-0.05, 0) is 39.8 Å². The number of esters is 1. The Balaban J connectivity index is 2.06. The van der Waals surface area contributed by atoms with Gasteiger partial charge in [0.2, 0.25) is 0 Å². The van der Waals surface area contributed by atoms with Crippen LogP contribution in [0.25, 0.3) is 0 Å². The third-order valence-corrected chi connectivity index (χ3v) is 2.86. The Bertz CT molecular complexity index is 248. The van der Waals surface area contributed by atoms with Crippen molar-refractivity contribution in [3.63, 3.8) is 0 Å². The maximum absolute atomic E-state index is 11.0. The highest BCUT2D eigenvalue weighted by Gasteiger charge is 2.13. The van der Waals surface area contributed by atoms with E-state index in [4.69, 9.17) is 4.74 Å². The number of likely N-dealkylation sites (tertiary alicyclic amines) is 1. The molecule has 0 aliphatic carbocycles. The van der Waals surface area contributed by atoms with Crippen LogP contribution in [0.3, 0.4) is 0 Å². The molecule has 1 fully saturated rings. The van der Waals surface area contributed by atoms with Gasteiger partial charge < -0.3 is 15.0 Å². The van der Waals surface area contributed by atoms with Crippen LogP contribution in [0.2, 0.25) is 0 Å². The van der Waals surface area contributed by atoms with Crippen LogP contribution in [0.15, 0.2) is 12.2 Å². The van der Waals surface area contributed by atoms with Crippen LogP contribution in [0, 0.1) is 0 Å². The highest BCUT2D eigenvalue weighted by Crippen LogP contribution is 2.07. The van der Waals surface area contributed by atoms with Gasteiger partial charge in [-0.3, -0.25) is 0 Å². The second-order valence-corrected chi connectivity index (χ2v) is 4.47. The Morgan fingerprint density at radius 3 is 2.82 bits per heavy atom. The second kappa shape index (κ2) is 8.25. The fourth-order valence-electron chi connectivity index (χ4n) is 2.03. The summed E-state index contributed by atoms with van der Waals surface area (Å²) in [4.78, 5) is 13.5. The minimum absolute atomic E-state index is 0.263. The number of ether oxygens (including phenoxy) is 1. The zero-order valence-corrected chi connectivity index (χ0v) is 10.9. The molecule has 1 unspecified atom stereocenters. The Kier molecular flexibility index (Phi) is 6.89. The Hall–Kier alpha value is -0.870. The maximum atomic E-state index is 11.0. The lowest BCUT2D eigenvalue weighted by Crippen LogP contribution is -2.37. The van der Waals surface area contributed by atoms with Gasteiger partial charge in [0.15, 0.2) is 0 Å². The Morgan fingerprint density at radius 2 is 2.18 bits per heavy atom. The van der Waals surface area contributed by atoms with E-state index in [1.807, 2.05) is 13.0 Å². The van der Waals surface area contributed by atoms with Crippen molar-refractivity contribution in [2.45, 2.75) is 32.7 Å². The quantitative estimate of drug-likeness (QED) is 0.536. The fourth-order valence-corrected chi connectivity index (χ4v) is 2.03. The lowest BCUT2D eigenvalue weighted by molar-refractivity contribution is -0.137. The van der Waals surface area contributed by atoms with Crippen LogP contribution in [-0.4, -0.2) is 49.7 Å². The lowest BCUT2D eigenvalue weighted by atomic mass is 10.3. The van der Waals surface area contributed by atoms with Crippen molar-refractivity contribution in [3.05, 3.63) is 12.2 Å². The van der Waals surface area contributed by atoms with Crippen molar-refractivity contribution in [1.82, 2.24) is 10.2 Å². The van der Waals surface area contributed by atoms with Gasteiger partial charge in [-0.25, -0.2) is 4.79 Å². The van der Waals surface area contributed by atoms with E-state index in [0.29, 0.717) is 19.2 Å². The molecule has 98 valence electrons. The van der Waals surface area contributed by atoms with E-state index in [-0.39, 0.29) is 5.97 Å². The molecular formula is C13H24N2O2. The van der Waals surface area contributed by atoms with Crippen molar-refractivity contribution in [2.75, 3.05) is 32.8 Å². The van der Waals surface area contributed by atoms with Crippen LogP contribution >= 0.6 is 0 Å². The van der Waals surface area contributed by atoms with Crippen LogP contribution in [0.1, 0.15) is 26.7 Å². The van der Waals surface area contributed by atoms with Crippen molar-refractivity contribution in [3.8, 4) is 0 Å². The second-order valence-electron chi connectivity index (χ2n) is 4.47. The van der Waals surface area contributed by atoms with Crippen LogP contribution in [-0.2, 0) is 9.53 Å². The molecular weight excluding hydrogens is 216 g/mol. The highest BCUT2D eigenvalue weighted by molar-refractivity contribution is 5.81. The molecule has 17 heavy (non-hydrogen) atoms. The van der Waals surface area contributed by atoms with E-state index in [0.717, 1.165) is 6.54 Å². The van der Waals surface area contributed by atoms with E-state index >= 15 is 0 Å². The molecule has 1 rings (SSSR count). The molecule has 0 amide bonds. The number of nitrogens with zero attached hydrogens (tertiary/aromatic N) is 1. The number of carbonyl (C=O) groups excluding carboxylic acids is 1. The van der Waals surface area contributed by atoms with Gasteiger partial charge in [-0.1, -0.05) is 6.08 Å². The molecule has 0 bridgehead atoms. The molecule has 1 aliphatic rings. The van der Waals surface area contributed by atoms with E-state index in [1.165, 1.54) is 32.0 Å². The molecule has 4 heteroatoms. The molecule has 0 aromatic rings. The number of nitrogens with one attached hydrogen (secondary N) is 1. The summed E-state index contributed by atoms with van der Waals surface area (Å²) in [7, 11) is 0. The molecule has 0 aromatic carbocycles. The van der Waals surface area contributed by atoms with Gasteiger partial charge >= 0.3 is 5.97 Å². The summed E-state index contributed by atoms with van der Waals surface area (Å²) in [6, 6.07) is 0.458. The van der Waals surface area contributed by atoms with Crippen molar-refractivity contribution in [2.24, 2.45) is 0 Å². The summed E-state index contributed by atoms with van der Waals surface area (Å²) in [6.07, 6.45) is 5.96. The first-order chi connectivity index (χ1) is 8.22. The highest BCUT2D eigenvalue weighted by atomic mass is 16.5. The van der Waals surface area contributed by atoms with Gasteiger partial charge in [0.1, 0.15) is 0 Å². The van der Waals surface area contributed by atoms with Gasteiger partial charge in [-0.2, -0.15) is 0 Å². The van der Waals surface area contributed by atoms with Crippen molar-refractivity contribution >= 4 is 5.97 Å². The number of rotatable bonds is 7. The lowest BCUT2D eigenvalue weighted by Gasteiger charge is -2.20. The van der Waals surface area contributed by atoms with Gasteiger partial charge in [0.05, 0.1) is 6.61 Å². The van der Waals surface area contributed by atoms with E-state index < -0.39 is 0 Å². The molecule has 1 N–H and O–H groups in total. The van der Waals surface area contributed by atoms with Crippen LogP contribution in [0.5, 0.6) is 0 Å². The van der Waals surface area contributed by atoms with Gasteiger partial charge in [-0.15, -0.1) is 0 Å². The standard InChI is InChI=1S/C13H24N2O2/c1-3-17-13(16)7-6-8-14-12(2)11-15-9-4-5-10-15/h6-7,12,14H,3-5,8-11H2,1-2H3/b7-6+. The van der Waals surface area contributed by atoms with Crippen LogP contribution in [0.4, 0.5) is 0 Å². The summed E-state index contributed by atoms with van der Waals surface area (Å²) in [5, 5.41) is 3.37. The minimum atomic E-state index is -0.263.